The van der Waals surface area contributed by atoms with Crippen LogP contribution in [0.15, 0.2) is 24.4 Å². The highest BCUT2D eigenvalue weighted by molar-refractivity contribution is 6.17. The minimum Gasteiger partial charge on any atom is -0.421 e. The first-order valence-corrected chi connectivity index (χ1v) is 5.42. The Bertz CT molecular complexity index is 496. The zero-order valence-corrected chi connectivity index (χ0v) is 9.90. The number of pyridine rings is 1. The number of nitrogens with zero attached hydrogens (tertiary/aromatic N) is 3. The Balaban J connectivity index is 2.23. The van der Waals surface area contributed by atoms with Crippen molar-refractivity contribution in [2.45, 2.75) is 12.8 Å². The predicted molar refractivity (Wildman–Crippen MR) is 61.8 cm³/mol. The normalized spacial score (nSPS) is 10.4. The van der Waals surface area contributed by atoms with Crippen LogP contribution in [0.1, 0.15) is 11.3 Å². The summed E-state index contributed by atoms with van der Waals surface area (Å²) < 4.78 is 7.27. The summed E-state index contributed by atoms with van der Waals surface area (Å²) >= 11 is 5.74. The molecule has 2 aromatic heterocycles. The van der Waals surface area contributed by atoms with E-state index in [0.717, 1.165) is 11.3 Å². The third kappa shape index (κ3) is 2.33. The minimum atomic E-state index is 0.448. The Morgan fingerprint density at radius 2 is 2.25 bits per heavy atom. The highest BCUT2D eigenvalue weighted by Gasteiger charge is 2.05. The first kappa shape index (κ1) is 11.0. The van der Waals surface area contributed by atoms with Gasteiger partial charge in [0.05, 0.1) is 5.69 Å². The van der Waals surface area contributed by atoms with Gasteiger partial charge in [0.1, 0.15) is 0 Å². The smallest absolute Gasteiger partial charge is 0.221 e. The zero-order chi connectivity index (χ0) is 11.5. The van der Waals surface area contributed by atoms with Gasteiger partial charge < -0.3 is 4.74 Å². The highest BCUT2D eigenvalue weighted by Crippen LogP contribution is 2.20. The molecule has 0 fully saturated rings. The lowest BCUT2D eigenvalue weighted by Gasteiger charge is -2.04. The lowest BCUT2D eigenvalue weighted by Crippen LogP contribution is -1.96. The molecule has 2 aromatic rings. The Labute approximate surface area is 98.8 Å². The van der Waals surface area contributed by atoms with E-state index in [2.05, 4.69) is 10.1 Å². The van der Waals surface area contributed by atoms with Crippen LogP contribution < -0.4 is 4.74 Å². The van der Waals surface area contributed by atoms with Crippen LogP contribution in [0.25, 0.3) is 0 Å². The second kappa shape index (κ2) is 4.53. The maximum atomic E-state index is 5.74. The van der Waals surface area contributed by atoms with Crippen LogP contribution in [0.5, 0.6) is 11.8 Å². The summed E-state index contributed by atoms with van der Waals surface area (Å²) in [6.07, 6.45) is 1.68. The largest absolute Gasteiger partial charge is 0.421 e. The number of aromatic nitrogens is 3. The molecule has 0 atom stereocenters. The molecule has 84 valence electrons. The molecule has 0 amide bonds. The average molecular weight is 238 g/mol. The van der Waals surface area contributed by atoms with Crippen molar-refractivity contribution < 1.29 is 4.74 Å². The van der Waals surface area contributed by atoms with Crippen molar-refractivity contribution >= 4 is 11.6 Å². The Morgan fingerprint density at radius 1 is 1.44 bits per heavy atom. The molecular formula is C11H12ClN3O. The maximum Gasteiger partial charge on any atom is 0.221 e. The van der Waals surface area contributed by atoms with Crippen molar-refractivity contribution in [1.82, 2.24) is 14.8 Å². The van der Waals surface area contributed by atoms with Crippen molar-refractivity contribution in [3.63, 3.8) is 0 Å². The summed E-state index contributed by atoms with van der Waals surface area (Å²) in [6, 6.07) is 5.53. The zero-order valence-electron chi connectivity index (χ0n) is 9.14. The molecule has 2 rings (SSSR count). The number of aryl methyl sites for hydroxylation is 2. The van der Waals surface area contributed by atoms with Crippen molar-refractivity contribution in [2.75, 3.05) is 0 Å². The van der Waals surface area contributed by atoms with E-state index >= 15 is 0 Å². The molecule has 0 aliphatic rings. The van der Waals surface area contributed by atoms with Crippen molar-refractivity contribution in [3.05, 3.63) is 35.7 Å². The van der Waals surface area contributed by atoms with Gasteiger partial charge in [-0.2, -0.15) is 5.10 Å². The van der Waals surface area contributed by atoms with E-state index < -0.39 is 0 Å². The fraction of sp³-hybridized carbons (Fsp3) is 0.273. The molecule has 4 nitrogen and oxygen atoms in total. The lowest BCUT2D eigenvalue weighted by atomic mass is 10.3. The summed E-state index contributed by atoms with van der Waals surface area (Å²) in [4.78, 5) is 4.11. The molecule has 2 heterocycles. The van der Waals surface area contributed by atoms with E-state index in [-0.39, 0.29) is 0 Å². The Hall–Kier alpha value is -1.55. The molecule has 0 radical (unpaired) electrons. The van der Waals surface area contributed by atoms with Crippen LogP contribution in [0.2, 0.25) is 0 Å². The van der Waals surface area contributed by atoms with E-state index in [4.69, 9.17) is 16.3 Å². The van der Waals surface area contributed by atoms with Crippen LogP contribution in [-0.4, -0.2) is 14.8 Å². The highest BCUT2D eigenvalue weighted by atomic mass is 35.5. The predicted octanol–water partition coefficient (Wildman–Crippen LogP) is 2.65. The van der Waals surface area contributed by atoms with E-state index in [1.165, 1.54) is 0 Å². The van der Waals surface area contributed by atoms with Gasteiger partial charge in [-0.15, -0.1) is 11.6 Å². The van der Waals surface area contributed by atoms with Gasteiger partial charge in [0.15, 0.2) is 0 Å². The molecule has 0 saturated heterocycles. The quantitative estimate of drug-likeness (QED) is 0.771. The van der Waals surface area contributed by atoms with Gasteiger partial charge in [-0.1, -0.05) is 0 Å². The number of rotatable bonds is 3. The van der Waals surface area contributed by atoms with E-state index in [0.29, 0.717) is 17.6 Å². The molecule has 0 aromatic carbocycles. The second-order valence-corrected chi connectivity index (χ2v) is 3.75. The van der Waals surface area contributed by atoms with Gasteiger partial charge in [-0.05, 0) is 18.6 Å². The molecule has 5 heteroatoms. The molecular weight excluding hydrogens is 226 g/mol. The molecule has 0 N–H and O–H groups in total. The van der Waals surface area contributed by atoms with E-state index in [9.17, 15) is 0 Å². The van der Waals surface area contributed by atoms with Crippen molar-refractivity contribution in [3.8, 4) is 11.8 Å². The number of hydrogen-bond donors (Lipinski definition) is 0. The maximum absolute atomic E-state index is 5.74. The van der Waals surface area contributed by atoms with Crippen LogP contribution >= 0.6 is 11.6 Å². The number of hydrogen-bond acceptors (Lipinski definition) is 3. The van der Waals surface area contributed by atoms with Crippen LogP contribution in [-0.2, 0) is 12.9 Å². The van der Waals surface area contributed by atoms with Gasteiger partial charge in [0.2, 0.25) is 11.8 Å². The lowest BCUT2D eigenvalue weighted by molar-refractivity contribution is 0.415. The molecule has 0 aliphatic carbocycles. The van der Waals surface area contributed by atoms with Gasteiger partial charge in [0.25, 0.3) is 0 Å². The molecule has 0 spiro atoms. The summed E-state index contributed by atoms with van der Waals surface area (Å²) in [5.74, 6) is 1.64. The fourth-order valence-corrected chi connectivity index (χ4v) is 1.55. The van der Waals surface area contributed by atoms with Crippen LogP contribution in [0.3, 0.4) is 0 Å². The van der Waals surface area contributed by atoms with Gasteiger partial charge in [0, 0.05) is 31.3 Å². The number of alkyl halides is 1. The molecule has 0 bridgehead atoms. The summed E-state index contributed by atoms with van der Waals surface area (Å²) in [6.45, 7) is 1.91. The topological polar surface area (TPSA) is 39.9 Å². The fourth-order valence-electron chi connectivity index (χ4n) is 1.38. The first-order chi connectivity index (χ1) is 7.69. The Morgan fingerprint density at radius 3 is 2.88 bits per heavy atom. The van der Waals surface area contributed by atoms with Crippen molar-refractivity contribution in [1.29, 1.82) is 0 Å². The SMILES string of the molecule is Cc1cc(Oc2cc(CCl)ccn2)n(C)n1. The number of halogens is 1. The van der Waals surface area contributed by atoms with Gasteiger partial charge in [-0.25, -0.2) is 9.67 Å². The first-order valence-electron chi connectivity index (χ1n) is 4.88. The van der Waals surface area contributed by atoms with Gasteiger partial charge >= 0.3 is 0 Å². The Kier molecular flexibility index (Phi) is 3.10. The monoisotopic (exact) mass is 237 g/mol. The molecule has 0 saturated carbocycles. The van der Waals surface area contributed by atoms with Crippen LogP contribution in [0, 0.1) is 6.92 Å². The molecule has 0 aliphatic heterocycles. The van der Waals surface area contributed by atoms with E-state index in [1.807, 2.05) is 32.2 Å². The number of ether oxygens (including phenoxy) is 1. The van der Waals surface area contributed by atoms with Crippen LogP contribution in [0.4, 0.5) is 0 Å². The van der Waals surface area contributed by atoms with Crippen molar-refractivity contribution in [2.24, 2.45) is 7.05 Å². The third-order valence-electron chi connectivity index (χ3n) is 2.12. The minimum absolute atomic E-state index is 0.448. The molecule has 0 unspecified atom stereocenters. The summed E-state index contributed by atoms with van der Waals surface area (Å²) in [5, 5.41) is 4.19. The second-order valence-electron chi connectivity index (χ2n) is 3.49. The van der Waals surface area contributed by atoms with E-state index in [1.54, 1.807) is 10.9 Å². The standard InChI is InChI=1S/C11H12ClN3O/c1-8-5-11(15(2)14-8)16-10-6-9(7-12)3-4-13-10/h3-6H,7H2,1-2H3. The summed E-state index contributed by atoms with van der Waals surface area (Å²) in [5.41, 5.74) is 1.89. The average Bonchev–Trinajstić information content (AvgIpc) is 2.58. The van der Waals surface area contributed by atoms with Gasteiger partial charge in [-0.3, -0.25) is 0 Å². The molecule has 16 heavy (non-hydrogen) atoms. The third-order valence-corrected chi connectivity index (χ3v) is 2.43. The summed E-state index contributed by atoms with van der Waals surface area (Å²) in [7, 11) is 1.83.